The largest absolute Gasteiger partial charge is 0.377 e. The van der Waals surface area contributed by atoms with E-state index in [0.29, 0.717) is 23.6 Å². The molecule has 0 aromatic heterocycles. The number of carbonyl (C=O) groups excluding carboxylic acids is 2. The lowest BCUT2D eigenvalue weighted by molar-refractivity contribution is -0.116. The second-order valence-electron chi connectivity index (χ2n) is 8.47. The van der Waals surface area contributed by atoms with Crippen LogP contribution in [0.15, 0.2) is 48.5 Å². The van der Waals surface area contributed by atoms with Crippen LogP contribution in [0.5, 0.6) is 0 Å². The predicted molar refractivity (Wildman–Crippen MR) is 123 cm³/mol. The van der Waals surface area contributed by atoms with Gasteiger partial charge in [-0.1, -0.05) is 56.0 Å². The standard InChI is InChI=1S/C25H33N3O2/c1-18(20-11-5-4-6-12-20)26-25(30)22-17-21(14-15-23(22)28(2)3)27-24(29)16-13-19-9-7-8-10-19/h4-6,11-12,14-15,17-19H,7-10,13,16H2,1-3H3,(H,26,30)(H,27,29)/t18-/m0/s1. The van der Waals surface area contributed by atoms with Gasteiger partial charge in [0, 0.05) is 31.9 Å². The Kier molecular flexibility index (Phi) is 7.50. The van der Waals surface area contributed by atoms with Crippen molar-refractivity contribution in [1.82, 2.24) is 5.32 Å². The van der Waals surface area contributed by atoms with Gasteiger partial charge in [0.2, 0.25) is 5.91 Å². The van der Waals surface area contributed by atoms with Crippen molar-refractivity contribution in [2.75, 3.05) is 24.3 Å². The maximum Gasteiger partial charge on any atom is 0.253 e. The molecule has 1 fully saturated rings. The molecule has 5 heteroatoms. The highest BCUT2D eigenvalue weighted by molar-refractivity contribution is 6.02. The number of hydrogen-bond donors (Lipinski definition) is 2. The summed E-state index contributed by atoms with van der Waals surface area (Å²) < 4.78 is 0. The van der Waals surface area contributed by atoms with E-state index in [1.165, 1.54) is 25.7 Å². The molecule has 5 nitrogen and oxygen atoms in total. The van der Waals surface area contributed by atoms with E-state index in [2.05, 4.69) is 10.6 Å². The van der Waals surface area contributed by atoms with Gasteiger partial charge in [-0.25, -0.2) is 0 Å². The quantitative estimate of drug-likeness (QED) is 0.636. The average Bonchev–Trinajstić information content (AvgIpc) is 3.26. The molecule has 1 aliphatic carbocycles. The van der Waals surface area contributed by atoms with Crippen molar-refractivity contribution in [1.29, 1.82) is 0 Å². The summed E-state index contributed by atoms with van der Waals surface area (Å²) in [5, 5.41) is 6.05. The highest BCUT2D eigenvalue weighted by Gasteiger charge is 2.19. The Morgan fingerprint density at radius 1 is 1.07 bits per heavy atom. The maximum absolute atomic E-state index is 13.0. The molecule has 3 rings (SSSR count). The zero-order valence-corrected chi connectivity index (χ0v) is 18.3. The molecule has 2 N–H and O–H groups in total. The lowest BCUT2D eigenvalue weighted by Crippen LogP contribution is -2.28. The molecule has 1 saturated carbocycles. The molecular formula is C25H33N3O2. The van der Waals surface area contributed by atoms with Crippen LogP contribution in [-0.2, 0) is 4.79 Å². The van der Waals surface area contributed by atoms with Crippen molar-refractivity contribution >= 4 is 23.2 Å². The minimum atomic E-state index is -0.155. The Balaban J connectivity index is 1.68. The van der Waals surface area contributed by atoms with Crippen LogP contribution in [0.4, 0.5) is 11.4 Å². The number of amides is 2. The molecule has 0 heterocycles. The summed E-state index contributed by atoms with van der Waals surface area (Å²) >= 11 is 0. The van der Waals surface area contributed by atoms with Crippen molar-refractivity contribution in [3.63, 3.8) is 0 Å². The van der Waals surface area contributed by atoms with Gasteiger partial charge in [-0.2, -0.15) is 0 Å². The van der Waals surface area contributed by atoms with E-state index in [1.54, 1.807) is 6.07 Å². The summed E-state index contributed by atoms with van der Waals surface area (Å²) in [6.45, 7) is 1.97. The monoisotopic (exact) mass is 407 g/mol. The molecular weight excluding hydrogens is 374 g/mol. The van der Waals surface area contributed by atoms with Crippen LogP contribution in [0.3, 0.4) is 0 Å². The first-order valence-electron chi connectivity index (χ1n) is 10.9. The molecule has 0 saturated heterocycles. The molecule has 2 amide bonds. The van der Waals surface area contributed by atoms with Gasteiger partial charge in [-0.15, -0.1) is 0 Å². The van der Waals surface area contributed by atoms with Crippen molar-refractivity contribution in [3.8, 4) is 0 Å². The molecule has 0 aliphatic heterocycles. The van der Waals surface area contributed by atoms with Crippen LogP contribution in [0.1, 0.15) is 67.4 Å². The van der Waals surface area contributed by atoms with E-state index < -0.39 is 0 Å². The molecule has 0 spiro atoms. The molecule has 0 unspecified atom stereocenters. The predicted octanol–water partition coefficient (Wildman–Crippen LogP) is 5.15. The van der Waals surface area contributed by atoms with Crippen LogP contribution in [0, 0.1) is 5.92 Å². The second-order valence-corrected chi connectivity index (χ2v) is 8.47. The van der Waals surface area contributed by atoms with E-state index in [9.17, 15) is 9.59 Å². The maximum atomic E-state index is 13.0. The topological polar surface area (TPSA) is 61.4 Å². The van der Waals surface area contributed by atoms with Gasteiger partial charge in [-0.05, 0) is 43.0 Å². The third-order valence-corrected chi connectivity index (χ3v) is 5.91. The Hall–Kier alpha value is -2.82. The smallest absolute Gasteiger partial charge is 0.253 e. The number of anilines is 2. The number of benzene rings is 2. The van der Waals surface area contributed by atoms with Gasteiger partial charge in [0.05, 0.1) is 11.6 Å². The molecule has 2 aromatic rings. The molecule has 0 bridgehead atoms. The molecule has 2 aromatic carbocycles. The highest BCUT2D eigenvalue weighted by Crippen LogP contribution is 2.29. The fourth-order valence-corrected chi connectivity index (χ4v) is 4.14. The van der Waals surface area contributed by atoms with Crippen LogP contribution >= 0.6 is 0 Å². The number of nitrogens with zero attached hydrogens (tertiary/aromatic N) is 1. The molecule has 1 atom stereocenters. The SMILES string of the molecule is C[C@H](NC(=O)c1cc(NC(=O)CCC2CCCC2)ccc1N(C)C)c1ccccc1. The average molecular weight is 408 g/mol. The first-order valence-corrected chi connectivity index (χ1v) is 10.9. The Labute approximate surface area is 179 Å². The van der Waals surface area contributed by atoms with Crippen molar-refractivity contribution in [3.05, 3.63) is 59.7 Å². The van der Waals surface area contributed by atoms with Gasteiger partial charge in [0.1, 0.15) is 0 Å². The molecule has 160 valence electrons. The van der Waals surface area contributed by atoms with Crippen LogP contribution < -0.4 is 15.5 Å². The number of nitrogens with one attached hydrogen (secondary N) is 2. The number of carbonyl (C=O) groups is 2. The summed E-state index contributed by atoms with van der Waals surface area (Å²) in [6, 6.07) is 15.3. The van der Waals surface area contributed by atoms with E-state index in [-0.39, 0.29) is 17.9 Å². The third kappa shape index (κ3) is 5.85. The summed E-state index contributed by atoms with van der Waals surface area (Å²) in [5.41, 5.74) is 3.08. The van der Waals surface area contributed by atoms with Gasteiger partial charge in [-0.3, -0.25) is 9.59 Å². The molecule has 30 heavy (non-hydrogen) atoms. The van der Waals surface area contributed by atoms with Gasteiger partial charge in [0.15, 0.2) is 0 Å². The van der Waals surface area contributed by atoms with Crippen molar-refractivity contribution in [2.24, 2.45) is 5.92 Å². The zero-order chi connectivity index (χ0) is 21.5. The van der Waals surface area contributed by atoms with Gasteiger partial charge >= 0.3 is 0 Å². The van der Waals surface area contributed by atoms with Gasteiger partial charge in [0.25, 0.3) is 5.91 Å². The number of rotatable bonds is 8. The van der Waals surface area contributed by atoms with Gasteiger partial charge < -0.3 is 15.5 Å². The van der Waals surface area contributed by atoms with Crippen molar-refractivity contribution in [2.45, 2.75) is 51.5 Å². The van der Waals surface area contributed by atoms with Crippen LogP contribution in [0.25, 0.3) is 0 Å². The summed E-state index contributed by atoms with van der Waals surface area (Å²) in [5.74, 6) is 0.549. The normalized spacial score (nSPS) is 14.9. The minimum Gasteiger partial charge on any atom is -0.377 e. The van der Waals surface area contributed by atoms with Crippen LogP contribution in [-0.4, -0.2) is 25.9 Å². The number of hydrogen-bond acceptors (Lipinski definition) is 3. The second kappa shape index (κ2) is 10.3. The summed E-state index contributed by atoms with van der Waals surface area (Å²) in [6.07, 6.45) is 6.55. The highest BCUT2D eigenvalue weighted by atomic mass is 16.2. The fourth-order valence-electron chi connectivity index (χ4n) is 4.14. The summed E-state index contributed by atoms with van der Waals surface area (Å²) in [4.78, 5) is 27.4. The Morgan fingerprint density at radius 3 is 2.43 bits per heavy atom. The lowest BCUT2D eigenvalue weighted by Gasteiger charge is -2.20. The minimum absolute atomic E-state index is 0.0171. The van der Waals surface area contributed by atoms with Crippen molar-refractivity contribution < 1.29 is 9.59 Å². The lowest BCUT2D eigenvalue weighted by atomic mass is 10.0. The third-order valence-electron chi connectivity index (χ3n) is 5.91. The molecule has 0 radical (unpaired) electrons. The Bertz CT molecular complexity index is 858. The van der Waals surface area contributed by atoms with E-state index in [4.69, 9.17) is 0 Å². The molecule has 1 aliphatic rings. The zero-order valence-electron chi connectivity index (χ0n) is 18.3. The van der Waals surface area contributed by atoms with E-state index >= 15 is 0 Å². The first kappa shape index (κ1) is 21.9. The Morgan fingerprint density at radius 2 is 1.77 bits per heavy atom. The first-order chi connectivity index (χ1) is 14.4. The van der Waals surface area contributed by atoms with Crippen LogP contribution in [0.2, 0.25) is 0 Å². The summed E-state index contributed by atoms with van der Waals surface area (Å²) in [7, 11) is 3.82. The van der Waals surface area contributed by atoms with E-state index in [1.807, 2.05) is 68.4 Å². The fraction of sp³-hybridized carbons (Fsp3) is 0.440. The van der Waals surface area contributed by atoms with E-state index in [0.717, 1.165) is 17.7 Å².